The molecule has 1 fully saturated rings. The number of benzene rings is 2. The van der Waals surface area contributed by atoms with E-state index in [1.54, 1.807) is 15.3 Å². The number of imidazole rings is 1. The smallest absolute Gasteiger partial charge is 0.324 e. The molecule has 0 atom stereocenters. The fraction of sp³-hybridized carbons (Fsp3) is 0.250. The molecule has 2 amide bonds. The summed E-state index contributed by atoms with van der Waals surface area (Å²) in [6.45, 7) is 6.13. The summed E-state index contributed by atoms with van der Waals surface area (Å²) in [5.74, 6) is 1.22. The second-order valence-electron chi connectivity index (χ2n) is 10.7. The Kier molecular flexibility index (Phi) is 5.78. The fourth-order valence-electron chi connectivity index (χ4n) is 4.42. The van der Waals surface area contributed by atoms with Gasteiger partial charge in [-0.05, 0) is 37.1 Å². The number of fused-ring (bicyclic) bond motifs is 1. The molecule has 0 spiro atoms. The molecule has 6 rings (SSSR count). The van der Waals surface area contributed by atoms with E-state index in [2.05, 4.69) is 20.7 Å². The van der Waals surface area contributed by atoms with Gasteiger partial charge in [0.05, 0.1) is 17.1 Å². The molecule has 0 aliphatic heterocycles. The Bertz CT molecular complexity index is 1700. The lowest BCUT2D eigenvalue weighted by Crippen LogP contribution is -2.22. The van der Waals surface area contributed by atoms with Gasteiger partial charge >= 0.3 is 6.03 Å². The van der Waals surface area contributed by atoms with Crippen LogP contribution in [0.1, 0.15) is 51.0 Å². The number of halogens is 1. The zero-order valence-corrected chi connectivity index (χ0v) is 21.8. The number of nitrogens with zero attached hydrogens (tertiary/aromatic N) is 6. The minimum atomic E-state index is -0.612. The zero-order valence-electron chi connectivity index (χ0n) is 21.8. The standard InChI is InChI=1S/C28H28FN9O/c1-28(2,3)21-14-22(37(36-21)18-7-5-4-6-8-18)34-27(39)33-20-12-11-17(13-19(20)29)23-24-25(30)31-15-32-38(24)26(35-23)16-9-10-16/h4-8,11-16H,9-10H2,1-3H3,(H2,30,31,32)(H2,33,34,39). The van der Waals surface area contributed by atoms with Crippen LogP contribution in [0.2, 0.25) is 0 Å². The number of hydrogen-bond donors (Lipinski definition) is 3. The summed E-state index contributed by atoms with van der Waals surface area (Å²) in [4.78, 5) is 21.8. The molecule has 39 heavy (non-hydrogen) atoms. The Labute approximate surface area is 224 Å². The third-order valence-electron chi connectivity index (χ3n) is 6.64. The molecular formula is C28H28FN9O. The summed E-state index contributed by atoms with van der Waals surface area (Å²) < 4.78 is 18.6. The number of nitrogen functional groups attached to an aromatic ring is 1. The molecule has 2 aromatic carbocycles. The zero-order chi connectivity index (χ0) is 27.3. The number of carbonyl (C=O) groups is 1. The van der Waals surface area contributed by atoms with Crippen molar-refractivity contribution in [2.75, 3.05) is 16.4 Å². The molecule has 1 saturated carbocycles. The van der Waals surface area contributed by atoms with Crippen LogP contribution < -0.4 is 16.4 Å². The Morgan fingerprint density at radius 3 is 2.54 bits per heavy atom. The van der Waals surface area contributed by atoms with Gasteiger partial charge in [-0.25, -0.2) is 28.4 Å². The van der Waals surface area contributed by atoms with Crippen molar-refractivity contribution in [3.63, 3.8) is 0 Å². The van der Waals surface area contributed by atoms with Crippen molar-refractivity contribution in [1.29, 1.82) is 0 Å². The minimum Gasteiger partial charge on any atom is -0.382 e. The first-order chi connectivity index (χ1) is 18.7. The first-order valence-corrected chi connectivity index (χ1v) is 12.7. The van der Waals surface area contributed by atoms with E-state index in [9.17, 15) is 4.79 Å². The molecule has 4 N–H and O–H groups in total. The number of anilines is 3. The van der Waals surface area contributed by atoms with E-state index < -0.39 is 11.8 Å². The second kappa shape index (κ2) is 9.19. The highest BCUT2D eigenvalue weighted by atomic mass is 19.1. The molecule has 1 aliphatic rings. The highest BCUT2D eigenvalue weighted by Crippen LogP contribution is 2.42. The van der Waals surface area contributed by atoms with Crippen molar-refractivity contribution in [2.24, 2.45) is 0 Å². The number of carbonyl (C=O) groups excluding carboxylic acids is 1. The molecule has 0 bridgehead atoms. The number of aromatic nitrogens is 6. The molecule has 198 valence electrons. The lowest BCUT2D eigenvalue weighted by Gasteiger charge is -2.14. The second-order valence-corrected chi connectivity index (χ2v) is 10.7. The molecule has 0 unspecified atom stereocenters. The molecule has 10 nitrogen and oxygen atoms in total. The van der Waals surface area contributed by atoms with Crippen LogP contribution in [0.3, 0.4) is 0 Å². The van der Waals surface area contributed by atoms with E-state index in [1.807, 2.05) is 57.2 Å². The third-order valence-corrected chi connectivity index (χ3v) is 6.64. The molecule has 11 heteroatoms. The van der Waals surface area contributed by atoms with Crippen LogP contribution in [0, 0.1) is 5.82 Å². The van der Waals surface area contributed by atoms with Crippen LogP contribution in [0.25, 0.3) is 22.5 Å². The molecule has 1 aliphatic carbocycles. The van der Waals surface area contributed by atoms with E-state index in [4.69, 9.17) is 15.8 Å². The van der Waals surface area contributed by atoms with Gasteiger partial charge in [-0.3, -0.25) is 5.32 Å². The summed E-state index contributed by atoms with van der Waals surface area (Å²) in [6, 6.07) is 15.2. The van der Waals surface area contributed by atoms with Gasteiger partial charge in [0, 0.05) is 23.0 Å². The molecular weight excluding hydrogens is 497 g/mol. The van der Waals surface area contributed by atoms with Crippen LogP contribution in [-0.4, -0.2) is 35.4 Å². The topological polar surface area (TPSA) is 128 Å². The highest BCUT2D eigenvalue weighted by Gasteiger charge is 2.31. The predicted octanol–water partition coefficient (Wildman–Crippen LogP) is 5.52. The van der Waals surface area contributed by atoms with Crippen LogP contribution in [0.15, 0.2) is 60.9 Å². The van der Waals surface area contributed by atoms with Crippen molar-refractivity contribution in [3.05, 3.63) is 78.3 Å². The van der Waals surface area contributed by atoms with Crippen molar-refractivity contribution in [1.82, 2.24) is 29.4 Å². The van der Waals surface area contributed by atoms with Crippen molar-refractivity contribution < 1.29 is 9.18 Å². The van der Waals surface area contributed by atoms with Gasteiger partial charge in [-0.2, -0.15) is 10.2 Å². The number of nitrogens with one attached hydrogen (secondary N) is 2. The molecule has 3 heterocycles. The van der Waals surface area contributed by atoms with Gasteiger partial charge in [0.2, 0.25) is 0 Å². The monoisotopic (exact) mass is 525 g/mol. The maximum atomic E-state index is 15.3. The van der Waals surface area contributed by atoms with Gasteiger partial charge < -0.3 is 11.1 Å². The molecule has 3 aromatic heterocycles. The van der Waals surface area contributed by atoms with Crippen LogP contribution >= 0.6 is 0 Å². The quantitative estimate of drug-likeness (QED) is 0.277. The van der Waals surface area contributed by atoms with Crippen molar-refractivity contribution in [3.8, 4) is 16.9 Å². The van der Waals surface area contributed by atoms with E-state index in [0.29, 0.717) is 28.5 Å². The Hall–Kier alpha value is -4.80. The normalized spacial score (nSPS) is 13.5. The summed E-state index contributed by atoms with van der Waals surface area (Å²) in [7, 11) is 0. The number of hydrogen-bond acceptors (Lipinski definition) is 6. The van der Waals surface area contributed by atoms with Gasteiger partial charge in [-0.15, -0.1) is 0 Å². The van der Waals surface area contributed by atoms with E-state index in [0.717, 1.165) is 30.0 Å². The van der Waals surface area contributed by atoms with Gasteiger partial charge in [0.1, 0.15) is 35.0 Å². The van der Waals surface area contributed by atoms with Crippen LogP contribution in [-0.2, 0) is 5.41 Å². The predicted molar refractivity (Wildman–Crippen MR) is 147 cm³/mol. The molecule has 0 saturated heterocycles. The van der Waals surface area contributed by atoms with Crippen LogP contribution in [0.5, 0.6) is 0 Å². The minimum absolute atomic E-state index is 0.0215. The summed E-state index contributed by atoms with van der Waals surface area (Å²) in [6.07, 6.45) is 3.44. The lowest BCUT2D eigenvalue weighted by molar-refractivity contribution is 0.262. The Morgan fingerprint density at radius 1 is 1.08 bits per heavy atom. The van der Waals surface area contributed by atoms with Crippen molar-refractivity contribution >= 4 is 28.9 Å². The first-order valence-electron chi connectivity index (χ1n) is 12.7. The largest absolute Gasteiger partial charge is 0.382 e. The van der Waals surface area contributed by atoms with E-state index in [-0.39, 0.29) is 16.9 Å². The maximum absolute atomic E-state index is 15.3. The number of para-hydroxylation sites is 1. The lowest BCUT2D eigenvalue weighted by atomic mass is 9.92. The van der Waals surface area contributed by atoms with Gasteiger partial charge in [0.15, 0.2) is 5.82 Å². The summed E-state index contributed by atoms with van der Waals surface area (Å²) in [5.41, 5.74) is 9.08. The van der Waals surface area contributed by atoms with Gasteiger partial charge in [-0.1, -0.05) is 45.0 Å². The SMILES string of the molecule is CC(C)(C)c1cc(NC(=O)Nc2ccc(-c3nc(C4CC4)n4ncnc(N)c34)cc2F)n(-c2ccccc2)n1. The molecule has 5 aromatic rings. The summed E-state index contributed by atoms with van der Waals surface area (Å²) >= 11 is 0. The molecule has 0 radical (unpaired) electrons. The number of rotatable bonds is 5. The summed E-state index contributed by atoms with van der Waals surface area (Å²) in [5, 5.41) is 14.4. The van der Waals surface area contributed by atoms with Gasteiger partial charge in [0.25, 0.3) is 0 Å². The third kappa shape index (κ3) is 4.67. The average Bonchev–Trinajstić information content (AvgIpc) is 3.53. The first kappa shape index (κ1) is 24.5. The fourth-order valence-corrected chi connectivity index (χ4v) is 4.42. The number of amides is 2. The Morgan fingerprint density at radius 2 is 1.85 bits per heavy atom. The number of urea groups is 1. The Balaban J connectivity index is 1.27. The maximum Gasteiger partial charge on any atom is 0.324 e. The average molecular weight is 526 g/mol. The van der Waals surface area contributed by atoms with E-state index >= 15 is 4.39 Å². The number of nitrogens with two attached hydrogens (primary N) is 1. The highest BCUT2D eigenvalue weighted by molar-refractivity contribution is 5.99. The van der Waals surface area contributed by atoms with Crippen molar-refractivity contribution in [2.45, 2.75) is 44.9 Å². The van der Waals surface area contributed by atoms with Crippen LogP contribution in [0.4, 0.5) is 26.5 Å². The van der Waals surface area contributed by atoms with E-state index in [1.165, 1.54) is 18.5 Å².